The van der Waals surface area contributed by atoms with Crippen LogP contribution in [-0.4, -0.2) is 18.0 Å². The van der Waals surface area contributed by atoms with Gasteiger partial charge in [0.15, 0.2) is 0 Å². The van der Waals surface area contributed by atoms with E-state index in [4.69, 9.17) is 5.26 Å². The molecule has 1 N–H and O–H groups in total. The van der Waals surface area contributed by atoms with Crippen LogP contribution >= 0.6 is 0 Å². The summed E-state index contributed by atoms with van der Waals surface area (Å²) in [4.78, 5) is 12.6. The second-order valence-electron chi connectivity index (χ2n) is 7.32. The van der Waals surface area contributed by atoms with Crippen molar-refractivity contribution < 1.29 is 31.1 Å². The van der Waals surface area contributed by atoms with Crippen molar-refractivity contribution in [2.75, 3.05) is 5.32 Å². The molecule has 3 nitrogen and oxygen atoms in total. The van der Waals surface area contributed by atoms with Gasteiger partial charge in [-0.05, 0) is 61.2 Å². The lowest BCUT2D eigenvalue weighted by molar-refractivity contribution is -0.304. The maximum absolute atomic E-state index is 14.8. The quantitative estimate of drug-likeness (QED) is 0.547. The third kappa shape index (κ3) is 4.38. The van der Waals surface area contributed by atoms with Crippen molar-refractivity contribution in [1.29, 1.82) is 5.26 Å². The normalized spacial score (nSPS) is 14.0. The minimum absolute atomic E-state index is 0.00333. The summed E-state index contributed by atoms with van der Waals surface area (Å²) in [6, 6.07) is 7.66. The second-order valence-corrected chi connectivity index (χ2v) is 7.32. The smallest absolute Gasteiger partial charge is 0.321 e. The topological polar surface area (TPSA) is 52.9 Å². The van der Waals surface area contributed by atoms with Crippen molar-refractivity contribution in [3.63, 3.8) is 0 Å². The Labute approximate surface area is 175 Å². The van der Waals surface area contributed by atoms with Crippen LogP contribution in [0.4, 0.5) is 32.0 Å². The molecule has 31 heavy (non-hydrogen) atoms. The Morgan fingerprint density at radius 1 is 1.03 bits per heavy atom. The van der Waals surface area contributed by atoms with E-state index in [-0.39, 0.29) is 35.7 Å². The standard InChI is InChI=1S/C22H20F6N2O/c1-5-14-10-17(21(25,20(4,23)24)22(26,27)28)9-13(3)18(14)30-19(31)15-6-7-16(11-29)12(2)8-15/h6-10H,5H2,1-4H3,(H,30,31). The molecule has 0 aliphatic carbocycles. The molecule has 0 spiro atoms. The van der Waals surface area contributed by atoms with Gasteiger partial charge in [0.25, 0.3) is 17.5 Å². The summed E-state index contributed by atoms with van der Waals surface area (Å²) >= 11 is 0. The molecule has 0 bridgehead atoms. The van der Waals surface area contributed by atoms with Crippen LogP contribution in [0.1, 0.15) is 52.0 Å². The Morgan fingerprint density at radius 2 is 1.65 bits per heavy atom. The van der Waals surface area contributed by atoms with E-state index in [0.717, 1.165) is 0 Å². The fraction of sp³-hybridized carbons (Fsp3) is 0.364. The third-order valence-corrected chi connectivity index (χ3v) is 5.04. The Bertz CT molecular complexity index is 1030. The molecule has 0 aliphatic heterocycles. The SMILES string of the molecule is CCc1cc(C(F)(C(C)(F)F)C(F)(F)F)cc(C)c1NC(=O)c1ccc(C#N)c(C)c1. The highest BCUT2D eigenvalue weighted by molar-refractivity contribution is 6.05. The van der Waals surface area contributed by atoms with Gasteiger partial charge in [-0.25, -0.2) is 13.2 Å². The van der Waals surface area contributed by atoms with Crippen LogP contribution in [-0.2, 0) is 12.1 Å². The molecule has 0 heterocycles. The van der Waals surface area contributed by atoms with Gasteiger partial charge < -0.3 is 5.32 Å². The lowest BCUT2D eigenvalue weighted by Crippen LogP contribution is -2.51. The molecule has 1 unspecified atom stereocenters. The van der Waals surface area contributed by atoms with Crippen LogP contribution in [0.2, 0.25) is 0 Å². The van der Waals surface area contributed by atoms with E-state index < -0.39 is 29.2 Å². The van der Waals surface area contributed by atoms with E-state index in [1.807, 2.05) is 6.07 Å². The number of rotatable bonds is 5. The predicted molar refractivity (Wildman–Crippen MR) is 104 cm³/mol. The van der Waals surface area contributed by atoms with Gasteiger partial charge in [0.2, 0.25) is 0 Å². The zero-order valence-corrected chi connectivity index (χ0v) is 17.2. The summed E-state index contributed by atoms with van der Waals surface area (Å²) in [5, 5.41) is 11.5. The minimum Gasteiger partial charge on any atom is -0.321 e. The van der Waals surface area contributed by atoms with Gasteiger partial charge >= 0.3 is 6.18 Å². The van der Waals surface area contributed by atoms with Crippen molar-refractivity contribution in [1.82, 2.24) is 0 Å². The number of carbonyl (C=O) groups is 1. The number of amides is 1. The molecular weight excluding hydrogens is 422 g/mol. The molecule has 2 aromatic carbocycles. The van der Waals surface area contributed by atoms with Gasteiger partial charge in [0.1, 0.15) is 0 Å². The summed E-state index contributed by atoms with van der Waals surface area (Å²) in [5.41, 5.74) is -4.81. The van der Waals surface area contributed by atoms with Crippen molar-refractivity contribution >= 4 is 11.6 Å². The molecular formula is C22H20F6N2O. The lowest BCUT2D eigenvalue weighted by atomic mass is 9.86. The molecule has 2 aromatic rings. The van der Waals surface area contributed by atoms with E-state index in [9.17, 15) is 31.1 Å². The number of hydrogen-bond donors (Lipinski definition) is 1. The van der Waals surface area contributed by atoms with Gasteiger partial charge in [-0.3, -0.25) is 4.79 Å². The first-order chi connectivity index (χ1) is 14.2. The molecule has 2 rings (SSSR count). The first-order valence-electron chi connectivity index (χ1n) is 9.27. The van der Waals surface area contributed by atoms with E-state index in [1.165, 1.54) is 32.0 Å². The van der Waals surface area contributed by atoms with Crippen molar-refractivity contribution in [3.8, 4) is 6.07 Å². The number of hydrogen-bond acceptors (Lipinski definition) is 2. The monoisotopic (exact) mass is 442 g/mol. The van der Waals surface area contributed by atoms with Gasteiger partial charge in [-0.1, -0.05) is 13.0 Å². The molecule has 166 valence electrons. The molecule has 0 aromatic heterocycles. The van der Waals surface area contributed by atoms with Crippen LogP contribution in [0.5, 0.6) is 0 Å². The highest BCUT2D eigenvalue weighted by atomic mass is 19.4. The zero-order chi connectivity index (χ0) is 23.8. The van der Waals surface area contributed by atoms with Crippen LogP contribution in [0, 0.1) is 25.2 Å². The molecule has 0 radical (unpaired) electrons. The Hall–Kier alpha value is -3.02. The first-order valence-corrected chi connectivity index (χ1v) is 9.27. The zero-order valence-electron chi connectivity index (χ0n) is 17.2. The fourth-order valence-electron chi connectivity index (χ4n) is 3.30. The highest BCUT2D eigenvalue weighted by Gasteiger charge is 2.70. The second kappa shape index (κ2) is 8.25. The van der Waals surface area contributed by atoms with Crippen molar-refractivity contribution in [2.45, 2.75) is 51.9 Å². The average Bonchev–Trinajstić information content (AvgIpc) is 2.66. The summed E-state index contributed by atoms with van der Waals surface area (Å²) in [5.74, 6) is -5.34. The number of halogens is 6. The number of carbonyl (C=O) groups excluding carboxylic acids is 1. The number of nitrogens with one attached hydrogen (secondary N) is 1. The number of benzene rings is 2. The number of nitriles is 1. The van der Waals surface area contributed by atoms with Crippen LogP contribution in [0.15, 0.2) is 30.3 Å². The molecule has 9 heteroatoms. The van der Waals surface area contributed by atoms with Gasteiger partial charge in [-0.15, -0.1) is 0 Å². The van der Waals surface area contributed by atoms with Crippen LogP contribution in [0.25, 0.3) is 0 Å². The average molecular weight is 442 g/mol. The number of anilines is 1. The Morgan fingerprint density at radius 3 is 2.10 bits per heavy atom. The molecule has 1 amide bonds. The number of nitrogens with zero attached hydrogens (tertiary/aromatic N) is 1. The van der Waals surface area contributed by atoms with Crippen molar-refractivity contribution in [2.24, 2.45) is 0 Å². The Kier molecular flexibility index (Phi) is 6.45. The van der Waals surface area contributed by atoms with Crippen molar-refractivity contribution in [3.05, 3.63) is 63.7 Å². The number of alkyl halides is 6. The molecule has 0 aliphatic rings. The predicted octanol–water partition coefficient (Wildman–Crippen LogP) is 6.37. The molecule has 0 saturated carbocycles. The summed E-state index contributed by atoms with van der Waals surface area (Å²) in [6.45, 7) is 4.35. The molecule has 0 fully saturated rings. The fourth-order valence-corrected chi connectivity index (χ4v) is 3.30. The number of aryl methyl sites for hydroxylation is 3. The van der Waals surface area contributed by atoms with E-state index >= 15 is 0 Å². The molecule has 0 saturated heterocycles. The van der Waals surface area contributed by atoms with Gasteiger partial charge in [-0.2, -0.15) is 18.4 Å². The lowest BCUT2D eigenvalue weighted by Gasteiger charge is -2.34. The van der Waals surface area contributed by atoms with E-state index in [1.54, 1.807) is 6.92 Å². The van der Waals surface area contributed by atoms with Crippen LogP contribution in [0.3, 0.4) is 0 Å². The minimum atomic E-state index is -5.85. The maximum atomic E-state index is 14.8. The third-order valence-electron chi connectivity index (χ3n) is 5.04. The Balaban J connectivity index is 2.54. The highest BCUT2D eigenvalue weighted by Crippen LogP contribution is 2.53. The molecule has 1 atom stereocenters. The first kappa shape index (κ1) is 24.3. The van der Waals surface area contributed by atoms with Gasteiger partial charge in [0, 0.05) is 23.7 Å². The van der Waals surface area contributed by atoms with E-state index in [0.29, 0.717) is 23.3 Å². The van der Waals surface area contributed by atoms with Gasteiger partial charge in [0.05, 0.1) is 11.6 Å². The van der Waals surface area contributed by atoms with E-state index in [2.05, 4.69) is 5.32 Å². The van der Waals surface area contributed by atoms with Crippen LogP contribution < -0.4 is 5.32 Å². The summed E-state index contributed by atoms with van der Waals surface area (Å²) < 4.78 is 82.4. The maximum Gasteiger partial charge on any atom is 0.432 e. The largest absolute Gasteiger partial charge is 0.432 e. The summed E-state index contributed by atoms with van der Waals surface area (Å²) in [7, 11) is 0. The summed E-state index contributed by atoms with van der Waals surface area (Å²) in [6.07, 6.45) is -5.80.